The molecule has 2 fully saturated rings. The van der Waals surface area contributed by atoms with Gasteiger partial charge in [0, 0.05) is 62.9 Å². The molecule has 0 aromatic heterocycles. The predicted octanol–water partition coefficient (Wildman–Crippen LogP) is 7.78. The third-order valence-corrected chi connectivity index (χ3v) is 17.5. The van der Waals surface area contributed by atoms with E-state index >= 15 is 0 Å². The van der Waals surface area contributed by atoms with Crippen molar-refractivity contribution in [3.63, 3.8) is 0 Å². The number of urea groups is 1. The number of alkyl halides is 2. The van der Waals surface area contributed by atoms with Gasteiger partial charge in [0.05, 0.1) is 54.5 Å². The Hall–Kier alpha value is -6.03. The SMILES string of the molecule is CCC.COc1cc2cc(c1Cl)N(C)C(=O)C[C@H](OC(=O)[C@H](C)N(C)C(=O)c1ccc(NC(=O)C(CCCNC(N)=O)NC(=O)CNC(=O)CCCCC(C)OC(=O)C(CBr)CBr)cc1Cl)[C@]1(C)OC1[C@H](C)C1C[C@@](O)(NC(=O)O1)[C@H](OC)/C=C/C=C(\C)C2. The number of methoxy groups -OCH3 is 2. The minimum absolute atomic E-state index is 0.0286. The van der Waals surface area contributed by atoms with Gasteiger partial charge in [-0.15, -0.1) is 0 Å². The van der Waals surface area contributed by atoms with Gasteiger partial charge in [0.2, 0.25) is 23.6 Å². The summed E-state index contributed by atoms with van der Waals surface area (Å²) in [6.45, 7) is 12.3. The highest BCUT2D eigenvalue weighted by Gasteiger charge is 2.64. The molecule has 24 nitrogen and oxygen atoms in total. The first-order valence-corrected chi connectivity index (χ1v) is 32.4. The van der Waals surface area contributed by atoms with Gasteiger partial charge in [0.1, 0.15) is 46.8 Å². The number of hydrogen-bond donors (Lipinski definition) is 7. The van der Waals surface area contributed by atoms with Crippen LogP contribution in [0, 0.1) is 11.8 Å². The average Bonchev–Trinajstić information content (AvgIpc) is 2.02. The number of ether oxygens (including phenoxy) is 6. The Labute approximate surface area is 547 Å². The van der Waals surface area contributed by atoms with Crippen molar-refractivity contribution in [2.75, 3.05) is 62.3 Å². The third-order valence-electron chi connectivity index (χ3n) is 15.3. The summed E-state index contributed by atoms with van der Waals surface area (Å²) in [5, 5.41) is 25.6. The number of fused-ring (bicyclic) bond motifs is 5. The van der Waals surface area contributed by atoms with Gasteiger partial charge in [0.25, 0.3) is 5.91 Å². The van der Waals surface area contributed by atoms with Gasteiger partial charge in [-0.05, 0) is 102 Å². The summed E-state index contributed by atoms with van der Waals surface area (Å²) in [4.78, 5) is 122. The quantitative estimate of drug-likeness (QED) is 0.0173. The molecule has 5 rings (SSSR count). The second-order valence-corrected chi connectivity index (χ2v) is 24.6. The van der Waals surface area contributed by atoms with Gasteiger partial charge in [0.15, 0.2) is 5.72 Å². The molecule has 2 aromatic rings. The number of halogens is 4. The van der Waals surface area contributed by atoms with E-state index in [2.05, 4.69) is 72.3 Å². The Morgan fingerprint density at radius 2 is 1.66 bits per heavy atom. The molecule has 3 aliphatic rings. The molecule has 28 heteroatoms. The summed E-state index contributed by atoms with van der Waals surface area (Å²) in [6.07, 6.45) is 2.74. The highest BCUT2D eigenvalue weighted by Crippen LogP contribution is 2.49. The number of rotatable bonds is 24. The molecule has 0 spiro atoms. The summed E-state index contributed by atoms with van der Waals surface area (Å²) in [6, 6.07) is 4.22. The van der Waals surface area contributed by atoms with Crippen LogP contribution in [0.1, 0.15) is 122 Å². The molecule has 4 bridgehead atoms. The van der Waals surface area contributed by atoms with Crippen LogP contribution >= 0.6 is 55.1 Å². The Morgan fingerprint density at radius 3 is 2.29 bits per heavy atom. The zero-order valence-corrected chi connectivity index (χ0v) is 57.0. The lowest BCUT2D eigenvalue weighted by Gasteiger charge is -2.42. The standard InChI is InChI=1S/C58H78Br2Cl2N8O16.C3H8/c1-31-14-12-17-44(82-9)58(80)27-43(84-56(79)68-58)33(3)50-57(5,86-50)45(26-48(73)70(7)41-23-35(22-31)24-42(81-8)49(41)62)85-53(76)34(4)69(6)52(75)38-20-19-37(25-39(38)61)66-51(74)40(16-13-21-64-55(63)78)67-47(72)30-65-46(71)18-11-10-15-32(2)83-54(77)36(28-59)29-60;1-3-2/h12,14,17,19-20,23-25,32-34,36,40,43-45,50,80H,10-11,13,15-16,18,21-22,26-30H2,1-9H3,(H,65,71)(H,66,74)(H,67,72)(H,68,79)(H3,63,64,78);3H2,1-2H3/b17-12+,31-14+;/t32?,33-,34+,40?,43?,44-,45+,50?,57+,58+;/m1./s1. The van der Waals surface area contributed by atoms with Crippen molar-refractivity contribution in [3.05, 3.63) is 75.3 Å². The molecule has 3 heterocycles. The van der Waals surface area contributed by atoms with Crippen LogP contribution in [0.15, 0.2) is 54.1 Å². The number of nitrogens with zero attached hydrogens (tertiary/aromatic N) is 2. The molecule has 0 radical (unpaired) electrons. The Bertz CT molecular complexity index is 2900. The van der Waals surface area contributed by atoms with Crippen molar-refractivity contribution in [3.8, 4) is 5.75 Å². The van der Waals surface area contributed by atoms with Crippen LogP contribution in [0.5, 0.6) is 5.75 Å². The van der Waals surface area contributed by atoms with Crippen LogP contribution in [-0.2, 0) is 58.9 Å². The number of allylic oxidation sites excluding steroid dienone is 3. The minimum atomic E-state index is -1.92. The highest BCUT2D eigenvalue weighted by atomic mass is 79.9. The summed E-state index contributed by atoms with van der Waals surface area (Å²) in [5.41, 5.74) is 3.86. The van der Waals surface area contributed by atoms with Gasteiger partial charge >= 0.3 is 24.1 Å². The van der Waals surface area contributed by atoms with Crippen LogP contribution in [0.2, 0.25) is 10.0 Å². The first-order valence-electron chi connectivity index (χ1n) is 29.4. The van der Waals surface area contributed by atoms with E-state index in [4.69, 9.17) is 57.4 Å². The van der Waals surface area contributed by atoms with Crippen LogP contribution in [0.4, 0.5) is 21.0 Å². The van der Waals surface area contributed by atoms with E-state index < -0.39 is 114 Å². The number of carbonyl (C=O) groups is 9. The number of hydrogen-bond acceptors (Lipinski definition) is 16. The van der Waals surface area contributed by atoms with Crippen LogP contribution < -0.4 is 42.0 Å². The molecule has 2 saturated heterocycles. The number of amides is 8. The normalized spacial score (nSPS) is 23.5. The average molecular weight is 1420 g/mol. The third kappa shape index (κ3) is 21.8. The van der Waals surface area contributed by atoms with E-state index in [9.17, 15) is 48.3 Å². The zero-order chi connectivity index (χ0) is 66.5. The van der Waals surface area contributed by atoms with Crippen molar-refractivity contribution in [2.45, 2.75) is 167 Å². The Kier molecular flexibility index (Phi) is 30.1. The number of aliphatic hydroxyl groups is 1. The first kappa shape index (κ1) is 75.4. The Morgan fingerprint density at radius 1 is 0.978 bits per heavy atom. The molecule has 3 aliphatic heterocycles. The molecule has 89 heavy (non-hydrogen) atoms. The minimum Gasteiger partial charge on any atom is -0.495 e. The number of anilines is 2. The van der Waals surface area contributed by atoms with Crippen LogP contribution in [-0.4, -0.2) is 170 Å². The van der Waals surface area contributed by atoms with Crippen molar-refractivity contribution >= 4 is 120 Å². The lowest BCUT2D eigenvalue weighted by Crippen LogP contribution is -2.63. The van der Waals surface area contributed by atoms with Gasteiger partial charge in [-0.1, -0.05) is 106 Å². The van der Waals surface area contributed by atoms with E-state index in [-0.39, 0.29) is 71.5 Å². The van der Waals surface area contributed by atoms with E-state index in [1.807, 2.05) is 13.0 Å². The molecule has 4 unspecified atom stereocenters. The van der Waals surface area contributed by atoms with Gasteiger partial charge in [-0.3, -0.25) is 34.1 Å². The van der Waals surface area contributed by atoms with E-state index in [0.29, 0.717) is 47.8 Å². The number of likely N-dealkylation sites (N-methyl/N-ethyl adjacent to an activating group) is 1. The summed E-state index contributed by atoms with van der Waals surface area (Å²) in [7, 11) is 5.70. The summed E-state index contributed by atoms with van der Waals surface area (Å²) >= 11 is 20.1. The number of primary amides is 1. The maximum absolute atomic E-state index is 14.5. The van der Waals surface area contributed by atoms with Gasteiger partial charge < -0.3 is 70.3 Å². The number of alkyl carbamates (subject to hydrolysis) is 1. The number of benzene rings is 2. The molecule has 494 valence electrons. The van der Waals surface area contributed by atoms with Crippen molar-refractivity contribution in [1.82, 2.24) is 26.2 Å². The molecule has 2 aromatic carbocycles. The topological polar surface area (TPSA) is 325 Å². The lowest BCUT2D eigenvalue weighted by atomic mass is 9.83. The number of epoxide rings is 1. The van der Waals surface area contributed by atoms with E-state index in [1.165, 1.54) is 64.8 Å². The Balaban J connectivity index is 0.00000552. The number of carbonyl (C=O) groups excluding carboxylic acids is 9. The maximum Gasteiger partial charge on any atom is 0.409 e. The second-order valence-electron chi connectivity index (χ2n) is 22.5. The molecule has 0 aliphatic carbocycles. The molecule has 8 N–H and O–H groups in total. The summed E-state index contributed by atoms with van der Waals surface area (Å²) in [5.74, 6) is -4.98. The van der Waals surface area contributed by atoms with Gasteiger partial charge in [-0.2, -0.15) is 0 Å². The summed E-state index contributed by atoms with van der Waals surface area (Å²) < 4.78 is 35.0. The van der Waals surface area contributed by atoms with Crippen molar-refractivity contribution in [1.29, 1.82) is 0 Å². The molecule has 10 atom stereocenters. The monoisotopic (exact) mass is 1410 g/mol. The molecular formula is C61H86Br2Cl2N8O16. The highest BCUT2D eigenvalue weighted by molar-refractivity contribution is 9.09. The smallest absolute Gasteiger partial charge is 0.409 e. The fourth-order valence-corrected chi connectivity index (χ4v) is 12.1. The number of esters is 2. The number of nitrogens with two attached hydrogens (primary N) is 1. The van der Waals surface area contributed by atoms with Crippen molar-refractivity contribution < 1.29 is 76.7 Å². The first-order chi connectivity index (χ1) is 42.0. The maximum atomic E-state index is 14.5. The fraction of sp³-hybridized carbons (Fsp3) is 0.590. The van der Waals surface area contributed by atoms with Crippen LogP contribution in [0.25, 0.3) is 0 Å². The molecule has 8 amide bonds. The van der Waals surface area contributed by atoms with Crippen LogP contribution in [0.3, 0.4) is 0 Å². The largest absolute Gasteiger partial charge is 0.495 e. The molecule has 0 saturated carbocycles. The van der Waals surface area contributed by atoms with Gasteiger partial charge in [-0.25, -0.2) is 14.4 Å². The lowest BCUT2D eigenvalue weighted by molar-refractivity contribution is -0.158. The predicted molar refractivity (Wildman–Crippen MR) is 343 cm³/mol. The molecular weight excluding hydrogens is 1330 g/mol. The number of nitrogens with one attached hydrogen (secondary N) is 5. The zero-order valence-electron chi connectivity index (χ0n) is 52.3. The number of unbranched alkanes of at least 4 members (excludes halogenated alkanes) is 1. The second kappa shape index (κ2) is 35.5. The van der Waals surface area contributed by atoms with E-state index in [1.54, 1.807) is 45.1 Å². The van der Waals surface area contributed by atoms with Crippen molar-refractivity contribution in [2.24, 2.45) is 17.6 Å². The fourth-order valence-electron chi connectivity index (χ4n) is 9.90. The van der Waals surface area contributed by atoms with E-state index in [0.717, 1.165) is 16.0 Å².